The predicted molar refractivity (Wildman–Crippen MR) is 302 cm³/mol. The first-order valence-corrected chi connectivity index (χ1v) is 31.2. The highest BCUT2D eigenvalue weighted by molar-refractivity contribution is 5.80. The highest BCUT2D eigenvalue weighted by Crippen LogP contribution is 2.23. The van der Waals surface area contributed by atoms with E-state index in [1.54, 1.807) is 0 Å². The van der Waals surface area contributed by atoms with Crippen molar-refractivity contribution in [2.24, 2.45) is 0 Å². The first kappa shape index (κ1) is 69.6. The molecule has 73 heavy (non-hydrogen) atoms. The summed E-state index contributed by atoms with van der Waals surface area (Å²) < 4.78 is 11.1. The molecular weight excluding hydrogens is 919 g/mol. The van der Waals surface area contributed by atoms with Crippen LogP contribution in [0, 0.1) is 0 Å². The van der Waals surface area contributed by atoms with Gasteiger partial charge in [-0.05, 0) is 64.2 Å². The Kier molecular flexibility index (Phi) is 49.0. The number of carbonyl (C=O) groups excluding carboxylic acids is 1. The van der Waals surface area contributed by atoms with Gasteiger partial charge in [0.05, 0.1) is 25.4 Å². The number of nitrogens with one attached hydrogen (secondary N) is 1. The molecular formula is C62H119NO10. The first-order chi connectivity index (χ1) is 35.7. The normalized spacial score (nSPS) is 20.0. The number of carbonyl (C=O) groups is 1. The maximum atomic E-state index is 13.2. The van der Waals surface area contributed by atoms with Crippen molar-refractivity contribution >= 4 is 5.91 Å². The van der Waals surface area contributed by atoms with Crippen LogP contribution >= 0.6 is 0 Å². The van der Waals surface area contributed by atoms with Crippen molar-refractivity contribution in [2.75, 3.05) is 13.2 Å². The Morgan fingerprint density at radius 2 is 0.808 bits per heavy atom. The molecule has 0 aliphatic carbocycles. The van der Waals surface area contributed by atoms with Gasteiger partial charge in [0.1, 0.15) is 36.6 Å². The number of unbranched alkanes of at least 4 members (excludes halogenated alkanes) is 38. The second kappa shape index (κ2) is 51.4. The largest absolute Gasteiger partial charge is 0.394 e. The highest BCUT2D eigenvalue weighted by atomic mass is 16.7. The Hall–Kier alpha value is -1.41. The van der Waals surface area contributed by atoms with Crippen molar-refractivity contribution < 1.29 is 50.0 Å². The standard InChI is InChI=1S/C62H119NO10/c1-3-5-7-9-11-13-15-17-19-21-22-23-24-25-26-27-28-29-30-31-32-33-34-36-37-39-41-43-45-47-49-54(65)57(67)53(52-72-62-60(70)59(69)58(68)56(51-64)73-62)63-61(71)55(66)50-48-46-44-42-40-38-35-20-18-16-14-12-10-8-6-4-2/h18,20,41,43,53-60,62,64-70H,3-17,19,21-40,42,44-52H2,1-2H3,(H,63,71)/b20-18-,43-41+. The summed E-state index contributed by atoms with van der Waals surface area (Å²) in [5.74, 6) is -0.708. The van der Waals surface area contributed by atoms with Gasteiger partial charge in [0.25, 0.3) is 0 Å². The molecule has 8 N–H and O–H groups in total. The molecule has 1 fully saturated rings. The van der Waals surface area contributed by atoms with Crippen molar-refractivity contribution in [2.45, 2.75) is 351 Å². The Morgan fingerprint density at radius 1 is 0.466 bits per heavy atom. The van der Waals surface area contributed by atoms with Crippen LogP contribution < -0.4 is 5.32 Å². The summed E-state index contributed by atoms with van der Waals surface area (Å²) in [5, 5.41) is 76.2. The monoisotopic (exact) mass is 1040 g/mol. The minimum absolute atomic E-state index is 0.248. The molecule has 9 atom stereocenters. The zero-order valence-corrected chi connectivity index (χ0v) is 47.4. The first-order valence-electron chi connectivity index (χ1n) is 31.2. The lowest BCUT2D eigenvalue weighted by Crippen LogP contribution is -2.60. The zero-order valence-electron chi connectivity index (χ0n) is 47.4. The number of hydrogen-bond donors (Lipinski definition) is 8. The molecule has 1 heterocycles. The molecule has 0 aromatic rings. The van der Waals surface area contributed by atoms with E-state index in [-0.39, 0.29) is 12.8 Å². The number of aliphatic hydroxyl groups is 7. The summed E-state index contributed by atoms with van der Waals surface area (Å²) in [6.45, 7) is 3.46. The molecule has 11 heteroatoms. The third kappa shape index (κ3) is 39.6. The molecule has 11 nitrogen and oxygen atoms in total. The van der Waals surface area contributed by atoms with Crippen LogP contribution in [0.1, 0.15) is 296 Å². The summed E-state index contributed by atoms with van der Waals surface area (Å²) in [5.41, 5.74) is 0. The molecule has 0 aromatic carbocycles. The molecule has 0 bridgehead atoms. The minimum Gasteiger partial charge on any atom is -0.394 e. The second-order valence-corrected chi connectivity index (χ2v) is 22.1. The van der Waals surface area contributed by atoms with Gasteiger partial charge >= 0.3 is 0 Å². The molecule has 0 aromatic heterocycles. The molecule has 1 amide bonds. The van der Waals surface area contributed by atoms with Crippen LogP contribution in [-0.2, 0) is 14.3 Å². The Labute approximate surface area is 448 Å². The van der Waals surface area contributed by atoms with Crippen LogP contribution in [0.5, 0.6) is 0 Å². The van der Waals surface area contributed by atoms with E-state index >= 15 is 0 Å². The van der Waals surface area contributed by atoms with E-state index in [1.807, 2.05) is 0 Å². The molecule has 432 valence electrons. The van der Waals surface area contributed by atoms with Gasteiger partial charge in [0, 0.05) is 0 Å². The van der Waals surface area contributed by atoms with Crippen LogP contribution in [0.3, 0.4) is 0 Å². The fourth-order valence-electron chi connectivity index (χ4n) is 10.1. The Bertz CT molecular complexity index is 1240. The fourth-order valence-corrected chi connectivity index (χ4v) is 10.1. The summed E-state index contributed by atoms with van der Waals surface area (Å²) in [6.07, 6.45) is 51.1. The lowest BCUT2D eigenvalue weighted by atomic mass is 9.98. The lowest BCUT2D eigenvalue weighted by Gasteiger charge is -2.40. The predicted octanol–water partition coefficient (Wildman–Crippen LogP) is 13.7. The molecule has 1 rings (SSSR count). The Balaban J connectivity index is 2.24. The van der Waals surface area contributed by atoms with Crippen LogP contribution in [-0.4, -0.2) is 110 Å². The van der Waals surface area contributed by atoms with Crippen molar-refractivity contribution in [3.05, 3.63) is 24.3 Å². The van der Waals surface area contributed by atoms with Crippen LogP contribution in [0.25, 0.3) is 0 Å². The quantitative estimate of drug-likeness (QED) is 0.0215. The van der Waals surface area contributed by atoms with Gasteiger partial charge in [-0.25, -0.2) is 0 Å². The van der Waals surface area contributed by atoms with E-state index in [0.717, 1.165) is 57.8 Å². The summed E-state index contributed by atoms with van der Waals surface area (Å²) in [4.78, 5) is 13.2. The fraction of sp³-hybridized carbons (Fsp3) is 0.919. The molecule has 1 aliphatic heterocycles. The van der Waals surface area contributed by atoms with Crippen molar-refractivity contribution in [3.63, 3.8) is 0 Å². The number of rotatable bonds is 54. The third-order valence-corrected chi connectivity index (χ3v) is 15.2. The average Bonchev–Trinajstić information content (AvgIpc) is 3.39. The van der Waals surface area contributed by atoms with Gasteiger partial charge in [-0.15, -0.1) is 0 Å². The van der Waals surface area contributed by atoms with Crippen LogP contribution in [0.4, 0.5) is 0 Å². The average molecular weight is 1040 g/mol. The maximum Gasteiger partial charge on any atom is 0.249 e. The van der Waals surface area contributed by atoms with Crippen molar-refractivity contribution in [1.29, 1.82) is 0 Å². The van der Waals surface area contributed by atoms with Gasteiger partial charge in [-0.1, -0.05) is 256 Å². The number of allylic oxidation sites excluding steroid dienone is 4. The molecule has 1 aliphatic rings. The zero-order chi connectivity index (χ0) is 53.3. The van der Waals surface area contributed by atoms with Crippen molar-refractivity contribution in [3.8, 4) is 0 Å². The molecule has 0 spiro atoms. The molecule has 9 unspecified atom stereocenters. The number of amides is 1. The Morgan fingerprint density at radius 3 is 1.18 bits per heavy atom. The topological polar surface area (TPSA) is 189 Å². The second-order valence-electron chi connectivity index (χ2n) is 22.1. The lowest BCUT2D eigenvalue weighted by molar-refractivity contribution is -0.303. The van der Waals surface area contributed by atoms with E-state index in [2.05, 4.69) is 43.5 Å². The highest BCUT2D eigenvalue weighted by Gasteiger charge is 2.44. The molecule has 1 saturated heterocycles. The van der Waals surface area contributed by atoms with E-state index in [9.17, 15) is 40.5 Å². The molecule has 0 radical (unpaired) electrons. The molecule has 0 saturated carbocycles. The van der Waals surface area contributed by atoms with E-state index < -0.39 is 74.2 Å². The van der Waals surface area contributed by atoms with Gasteiger partial charge in [0.2, 0.25) is 5.91 Å². The maximum absolute atomic E-state index is 13.2. The van der Waals surface area contributed by atoms with Gasteiger partial charge < -0.3 is 50.5 Å². The van der Waals surface area contributed by atoms with Gasteiger partial charge in [-0.2, -0.15) is 0 Å². The summed E-state index contributed by atoms with van der Waals surface area (Å²) in [7, 11) is 0. The van der Waals surface area contributed by atoms with Crippen molar-refractivity contribution in [1.82, 2.24) is 5.32 Å². The summed E-state index contributed by atoms with van der Waals surface area (Å²) in [6, 6.07) is -1.19. The SMILES string of the molecule is CCCCCCCC/C=C\CCCCCCCCC(O)C(=O)NC(COC1OC(CO)C(O)C(O)C1O)C(O)C(O)CCC/C=C/CCCCCCCCCCCCCCCCCCCCCCCCCCC. The van der Waals surface area contributed by atoms with E-state index in [0.29, 0.717) is 12.8 Å². The number of hydrogen-bond acceptors (Lipinski definition) is 10. The van der Waals surface area contributed by atoms with Crippen LogP contribution in [0.15, 0.2) is 24.3 Å². The van der Waals surface area contributed by atoms with Crippen LogP contribution in [0.2, 0.25) is 0 Å². The third-order valence-electron chi connectivity index (χ3n) is 15.2. The minimum atomic E-state index is -1.67. The van der Waals surface area contributed by atoms with Gasteiger partial charge in [-0.3, -0.25) is 4.79 Å². The smallest absolute Gasteiger partial charge is 0.249 e. The number of aliphatic hydroxyl groups excluding tert-OH is 7. The summed E-state index contributed by atoms with van der Waals surface area (Å²) >= 11 is 0. The van der Waals surface area contributed by atoms with Gasteiger partial charge in [0.15, 0.2) is 6.29 Å². The number of ether oxygens (including phenoxy) is 2. The van der Waals surface area contributed by atoms with E-state index in [4.69, 9.17) is 9.47 Å². The van der Waals surface area contributed by atoms with E-state index in [1.165, 1.54) is 199 Å².